The van der Waals surface area contributed by atoms with Crippen LogP contribution < -0.4 is 4.90 Å². The van der Waals surface area contributed by atoms with E-state index in [0.717, 1.165) is 39.6 Å². The fraction of sp³-hybridized carbons (Fsp3) is 0.273. The number of amides is 1. The van der Waals surface area contributed by atoms with Crippen molar-refractivity contribution in [1.82, 2.24) is 9.97 Å². The Kier molecular flexibility index (Phi) is 5.27. The number of aromatic nitrogens is 2. The Labute approximate surface area is 175 Å². The summed E-state index contributed by atoms with van der Waals surface area (Å²) < 4.78 is 13.7. The van der Waals surface area contributed by atoms with Crippen LogP contribution in [0.5, 0.6) is 0 Å². The number of benzene rings is 1. The minimum Gasteiger partial charge on any atom is -0.291 e. The summed E-state index contributed by atoms with van der Waals surface area (Å²) >= 11 is 1.33. The highest BCUT2D eigenvalue weighted by atomic mass is 32.2. The first kappa shape index (κ1) is 19.8. The van der Waals surface area contributed by atoms with E-state index in [1.807, 2.05) is 49.4 Å². The Morgan fingerprint density at radius 2 is 1.97 bits per heavy atom. The molecule has 0 saturated heterocycles. The lowest BCUT2D eigenvalue weighted by Gasteiger charge is -2.14. The van der Waals surface area contributed by atoms with Crippen molar-refractivity contribution >= 4 is 37.8 Å². The van der Waals surface area contributed by atoms with Crippen LogP contribution in [0.25, 0.3) is 11.3 Å². The molecule has 29 heavy (non-hydrogen) atoms. The van der Waals surface area contributed by atoms with Gasteiger partial charge in [-0.25, -0.2) is 4.98 Å². The van der Waals surface area contributed by atoms with Crippen molar-refractivity contribution in [2.75, 3.05) is 11.9 Å². The van der Waals surface area contributed by atoms with Gasteiger partial charge >= 0.3 is 0 Å². The molecule has 5 nitrogen and oxygen atoms in total. The zero-order chi connectivity index (χ0) is 20.6. The van der Waals surface area contributed by atoms with Crippen molar-refractivity contribution in [3.8, 4) is 11.3 Å². The van der Waals surface area contributed by atoms with Crippen molar-refractivity contribution in [1.29, 1.82) is 0 Å². The van der Waals surface area contributed by atoms with Crippen LogP contribution >= 0.6 is 11.3 Å². The third-order valence-electron chi connectivity index (χ3n) is 5.05. The molecule has 0 spiro atoms. The van der Waals surface area contributed by atoms with Gasteiger partial charge in [0, 0.05) is 33.6 Å². The van der Waals surface area contributed by atoms with E-state index in [2.05, 4.69) is 15.8 Å². The summed E-state index contributed by atoms with van der Waals surface area (Å²) in [6.07, 6.45) is 3.95. The van der Waals surface area contributed by atoms with E-state index >= 15 is 0 Å². The van der Waals surface area contributed by atoms with E-state index in [4.69, 9.17) is 0 Å². The summed E-state index contributed by atoms with van der Waals surface area (Å²) in [5, 5.41) is 0.734. The lowest BCUT2D eigenvalue weighted by Crippen LogP contribution is -2.27. The van der Waals surface area contributed by atoms with E-state index in [1.54, 1.807) is 18.1 Å². The first-order chi connectivity index (χ1) is 13.9. The third-order valence-corrected chi connectivity index (χ3v) is 9.65. The lowest BCUT2D eigenvalue weighted by molar-refractivity contribution is -0.117. The largest absolute Gasteiger partial charge is 0.291 e. The minimum absolute atomic E-state index is 0.0575. The fourth-order valence-corrected chi connectivity index (χ4v) is 6.88. The van der Waals surface area contributed by atoms with Crippen LogP contribution in [0.4, 0.5) is 5.13 Å². The van der Waals surface area contributed by atoms with Crippen LogP contribution in [0.1, 0.15) is 24.1 Å². The van der Waals surface area contributed by atoms with Gasteiger partial charge in [-0.2, -0.15) is 0 Å². The molecule has 1 aliphatic rings. The van der Waals surface area contributed by atoms with Gasteiger partial charge in [-0.3, -0.25) is 18.9 Å². The van der Waals surface area contributed by atoms with Crippen molar-refractivity contribution in [2.24, 2.45) is 0 Å². The lowest BCUT2D eigenvalue weighted by atomic mass is 10.1. The molecule has 7 heteroatoms. The molecule has 1 amide bonds. The van der Waals surface area contributed by atoms with Gasteiger partial charge in [0.15, 0.2) is 5.13 Å². The highest BCUT2D eigenvalue weighted by Gasteiger charge is 2.34. The monoisotopic (exact) mass is 425 g/mol. The summed E-state index contributed by atoms with van der Waals surface area (Å²) in [5.74, 6) is 3.91. The second-order valence-corrected chi connectivity index (χ2v) is 11.1. The summed E-state index contributed by atoms with van der Waals surface area (Å²) in [5.41, 5.74) is 3.56. The molecule has 0 aliphatic heterocycles. The normalized spacial score (nSPS) is 15.7. The zero-order valence-electron chi connectivity index (χ0n) is 16.5. The number of hydrogen-bond donors (Lipinski definition) is 0. The van der Waals surface area contributed by atoms with Crippen molar-refractivity contribution < 1.29 is 9.00 Å². The van der Waals surface area contributed by atoms with E-state index in [1.165, 1.54) is 11.3 Å². The van der Waals surface area contributed by atoms with E-state index in [0.29, 0.717) is 5.13 Å². The first-order valence-corrected chi connectivity index (χ1v) is 12.1. The minimum atomic E-state index is -2.31. The number of carbonyl (C=O) groups is 1. The van der Waals surface area contributed by atoms with Crippen LogP contribution in [0, 0.1) is 6.92 Å². The van der Waals surface area contributed by atoms with Crippen LogP contribution in [0.2, 0.25) is 0 Å². The molecule has 0 N–H and O–H groups in total. The smallest absolute Gasteiger partial charge is 0.232 e. The van der Waals surface area contributed by atoms with E-state index in [9.17, 15) is 9.00 Å². The van der Waals surface area contributed by atoms with Crippen molar-refractivity contribution in [2.45, 2.75) is 35.6 Å². The number of likely N-dealkylation sites (N-methyl/N-ethyl adjacent to an activating group) is 1. The standard InChI is InChI=1S/C22H23N3O2S2/c1-15-21(29(3,27)18-11-12-18)28-22(24-15)25(2)20(26)14-16-7-9-17(10-8-16)19-6-4-5-13-23-19/h4-10,13,18H,3,11-12,14H2,1-2H3. The molecule has 0 bridgehead atoms. The predicted octanol–water partition coefficient (Wildman–Crippen LogP) is 3.96. The maximum atomic E-state index is 13.0. The number of anilines is 1. The molecule has 1 atom stereocenters. The zero-order valence-corrected chi connectivity index (χ0v) is 18.1. The molecule has 0 radical (unpaired) electrons. The van der Waals surface area contributed by atoms with Gasteiger partial charge in [-0.05, 0) is 43.3 Å². The molecule has 150 valence electrons. The van der Waals surface area contributed by atoms with E-state index in [-0.39, 0.29) is 17.6 Å². The van der Waals surface area contributed by atoms with E-state index < -0.39 is 9.52 Å². The molecule has 2 aromatic heterocycles. The van der Waals surface area contributed by atoms with Crippen LogP contribution in [0.3, 0.4) is 0 Å². The predicted molar refractivity (Wildman–Crippen MR) is 120 cm³/mol. The average molecular weight is 426 g/mol. The highest BCUT2D eigenvalue weighted by Crippen LogP contribution is 2.39. The van der Waals surface area contributed by atoms with Gasteiger partial charge in [0.2, 0.25) is 5.91 Å². The summed E-state index contributed by atoms with van der Waals surface area (Å²) in [6.45, 7) is 1.84. The number of hydrogen-bond acceptors (Lipinski definition) is 5. The van der Waals surface area contributed by atoms with Crippen molar-refractivity contribution in [3.05, 3.63) is 59.9 Å². The van der Waals surface area contributed by atoms with Gasteiger partial charge in [-0.15, -0.1) is 0 Å². The number of pyridine rings is 1. The van der Waals surface area contributed by atoms with Gasteiger partial charge in [0.05, 0.1) is 17.8 Å². The Morgan fingerprint density at radius 1 is 1.24 bits per heavy atom. The number of rotatable bonds is 6. The molecule has 1 saturated carbocycles. The number of thiazole rings is 1. The third kappa shape index (κ3) is 4.11. The second-order valence-electron chi connectivity index (χ2n) is 7.34. The number of nitrogens with zero attached hydrogens (tertiary/aromatic N) is 3. The fourth-order valence-electron chi connectivity index (χ4n) is 3.16. The quantitative estimate of drug-likeness (QED) is 0.561. The average Bonchev–Trinajstić information content (AvgIpc) is 3.51. The van der Waals surface area contributed by atoms with Crippen LogP contribution in [0.15, 0.2) is 52.9 Å². The van der Waals surface area contributed by atoms with Gasteiger partial charge < -0.3 is 0 Å². The molecule has 4 rings (SSSR count). The molecule has 1 aromatic carbocycles. The Bertz CT molecular complexity index is 1130. The van der Waals surface area contributed by atoms with Gasteiger partial charge in [0.1, 0.15) is 4.21 Å². The van der Waals surface area contributed by atoms with Crippen LogP contribution in [-0.2, 0) is 20.7 Å². The summed E-state index contributed by atoms with van der Waals surface area (Å²) in [6, 6.07) is 13.6. The van der Waals surface area contributed by atoms with Gasteiger partial charge in [0.25, 0.3) is 0 Å². The summed E-state index contributed by atoms with van der Waals surface area (Å²) in [4.78, 5) is 23.2. The Balaban J connectivity index is 1.47. The first-order valence-electron chi connectivity index (χ1n) is 9.46. The summed E-state index contributed by atoms with van der Waals surface area (Å²) in [7, 11) is -0.596. The topological polar surface area (TPSA) is 63.2 Å². The molecule has 1 unspecified atom stereocenters. The van der Waals surface area contributed by atoms with Crippen molar-refractivity contribution in [3.63, 3.8) is 0 Å². The van der Waals surface area contributed by atoms with Crippen LogP contribution in [-0.4, -0.2) is 38.3 Å². The maximum Gasteiger partial charge on any atom is 0.232 e. The molecule has 1 aliphatic carbocycles. The Hall–Kier alpha value is -2.51. The maximum absolute atomic E-state index is 13.0. The molecule has 2 heterocycles. The number of aryl methyl sites for hydroxylation is 1. The molecular weight excluding hydrogens is 402 g/mol. The second kappa shape index (κ2) is 7.72. The Morgan fingerprint density at radius 3 is 2.59 bits per heavy atom. The van der Waals surface area contributed by atoms with Gasteiger partial charge in [-0.1, -0.05) is 41.7 Å². The molecule has 3 aromatic rings. The highest BCUT2D eigenvalue weighted by molar-refractivity contribution is 8.02. The SMILES string of the molecule is C=S(=O)(c1sc(N(C)C(=O)Cc2ccc(-c3ccccn3)cc2)nc1C)C1CC1. The molecular formula is C22H23N3O2S2. The molecule has 1 fully saturated rings. The number of carbonyl (C=O) groups excluding carboxylic acids is 1.